The molecule has 0 atom stereocenters. The zero-order valence-corrected chi connectivity index (χ0v) is 11.9. The van der Waals surface area contributed by atoms with Crippen LogP contribution in [0, 0.1) is 23.3 Å². The van der Waals surface area contributed by atoms with E-state index in [2.05, 4.69) is 0 Å². The Morgan fingerprint density at radius 2 is 1.50 bits per heavy atom. The fourth-order valence-electron chi connectivity index (χ4n) is 2.35. The molecule has 0 saturated heterocycles. The number of hydrogen-bond acceptors (Lipinski definition) is 1. The normalized spacial score (nSPS) is 10.8. The van der Waals surface area contributed by atoms with E-state index in [0.29, 0.717) is 24.0 Å². The number of rotatable bonds is 5. The minimum atomic E-state index is -1.21. The van der Waals surface area contributed by atoms with Crippen LogP contribution in [0.4, 0.5) is 17.6 Å². The van der Waals surface area contributed by atoms with Gasteiger partial charge < -0.3 is 0 Å². The van der Waals surface area contributed by atoms with E-state index in [1.165, 1.54) is 12.1 Å². The molecule has 0 aliphatic heterocycles. The number of aldehydes is 1. The fourth-order valence-corrected chi connectivity index (χ4v) is 2.35. The average molecular weight is 310 g/mol. The molecule has 1 nitrogen and oxygen atoms in total. The molecule has 5 heteroatoms. The molecule has 0 N–H and O–H groups in total. The number of carbonyl (C=O) groups is 1. The molecule has 22 heavy (non-hydrogen) atoms. The van der Waals surface area contributed by atoms with Crippen LogP contribution < -0.4 is 0 Å². The van der Waals surface area contributed by atoms with Crippen molar-refractivity contribution in [2.24, 2.45) is 0 Å². The summed E-state index contributed by atoms with van der Waals surface area (Å²) in [6.45, 7) is 1.84. The summed E-state index contributed by atoms with van der Waals surface area (Å²) in [5.74, 6) is -4.21. The lowest BCUT2D eigenvalue weighted by Crippen LogP contribution is -2.01. The van der Waals surface area contributed by atoms with Crippen LogP contribution in [0.1, 0.15) is 40.4 Å². The fraction of sp³-hybridized carbons (Fsp3) is 0.235. The molecule has 2 rings (SSSR count). The number of benzene rings is 2. The highest BCUT2D eigenvalue weighted by atomic mass is 19.2. The molecular formula is C17H14F4O. The number of carbonyl (C=O) groups excluding carboxylic acids is 1. The van der Waals surface area contributed by atoms with Crippen LogP contribution in [-0.4, -0.2) is 6.29 Å². The largest absolute Gasteiger partial charge is 0.298 e. The Morgan fingerprint density at radius 1 is 0.909 bits per heavy atom. The average Bonchev–Trinajstić information content (AvgIpc) is 2.48. The maximum Gasteiger partial charge on any atom is 0.169 e. The Bertz CT molecular complexity index is 710. The summed E-state index contributed by atoms with van der Waals surface area (Å²) < 4.78 is 53.9. The first-order valence-corrected chi connectivity index (χ1v) is 6.86. The Balaban J connectivity index is 2.39. The SMILES string of the molecule is CCCc1cc(Cc2cc(F)c(F)c(C=O)c2)cc(F)c1F. The van der Waals surface area contributed by atoms with Crippen LogP contribution in [0.5, 0.6) is 0 Å². The zero-order chi connectivity index (χ0) is 16.3. The third-order valence-corrected chi connectivity index (χ3v) is 3.33. The van der Waals surface area contributed by atoms with Crippen LogP contribution in [0.15, 0.2) is 24.3 Å². The summed E-state index contributed by atoms with van der Waals surface area (Å²) in [4.78, 5) is 10.7. The minimum absolute atomic E-state index is 0.0754. The van der Waals surface area contributed by atoms with E-state index in [-0.39, 0.29) is 18.3 Å². The summed E-state index contributed by atoms with van der Waals surface area (Å²) in [5.41, 5.74) is 0.599. The van der Waals surface area contributed by atoms with Crippen molar-refractivity contribution in [3.8, 4) is 0 Å². The van der Waals surface area contributed by atoms with Crippen molar-refractivity contribution in [2.45, 2.75) is 26.2 Å². The smallest absolute Gasteiger partial charge is 0.169 e. The number of halogens is 4. The van der Waals surface area contributed by atoms with Crippen molar-refractivity contribution < 1.29 is 22.4 Å². The van der Waals surface area contributed by atoms with Crippen LogP contribution in [-0.2, 0) is 12.8 Å². The summed E-state index contributed by atoms with van der Waals surface area (Å²) >= 11 is 0. The van der Waals surface area contributed by atoms with Crippen LogP contribution in [0.25, 0.3) is 0 Å². The van der Waals surface area contributed by atoms with Gasteiger partial charge in [0.1, 0.15) is 0 Å². The van der Waals surface area contributed by atoms with Crippen molar-refractivity contribution in [3.05, 3.63) is 69.8 Å². The van der Waals surface area contributed by atoms with E-state index in [9.17, 15) is 22.4 Å². The highest BCUT2D eigenvalue weighted by Gasteiger charge is 2.13. The molecule has 116 valence electrons. The highest BCUT2D eigenvalue weighted by Crippen LogP contribution is 2.21. The molecule has 2 aromatic rings. The van der Waals surface area contributed by atoms with Gasteiger partial charge in [-0.05, 0) is 47.7 Å². The molecule has 0 bridgehead atoms. The summed E-state index contributed by atoms with van der Waals surface area (Å²) in [6.07, 6.45) is 1.33. The van der Waals surface area contributed by atoms with Gasteiger partial charge in [0.2, 0.25) is 0 Å². The standard InChI is InChI=1S/C17H14F4O/c1-2-3-12-5-10(7-14(18)16(12)20)4-11-6-13(9-22)17(21)15(19)8-11/h5-9H,2-4H2,1H3. The summed E-state index contributed by atoms with van der Waals surface area (Å²) in [5, 5.41) is 0. The van der Waals surface area contributed by atoms with Gasteiger partial charge in [-0.15, -0.1) is 0 Å². The lowest BCUT2D eigenvalue weighted by molar-refractivity contribution is 0.111. The van der Waals surface area contributed by atoms with Gasteiger partial charge in [-0.25, -0.2) is 17.6 Å². The van der Waals surface area contributed by atoms with E-state index in [1.54, 1.807) is 0 Å². The van der Waals surface area contributed by atoms with Gasteiger partial charge in [0, 0.05) is 0 Å². The van der Waals surface area contributed by atoms with Gasteiger partial charge in [0.05, 0.1) is 5.56 Å². The lowest BCUT2D eigenvalue weighted by Gasteiger charge is -2.09. The predicted molar refractivity (Wildman–Crippen MR) is 74.9 cm³/mol. The first-order chi connectivity index (χ1) is 10.5. The minimum Gasteiger partial charge on any atom is -0.298 e. The van der Waals surface area contributed by atoms with Gasteiger partial charge in [-0.2, -0.15) is 0 Å². The van der Waals surface area contributed by atoms with Crippen LogP contribution >= 0.6 is 0 Å². The summed E-state index contributed by atoms with van der Waals surface area (Å²) in [7, 11) is 0. The third-order valence-electron chi connectivity index (χ3n) is 3.33. The van der Waals surface area contributed by atoms with Crippen molar-refractivity contribution in [2.75, 3.05) is 0 Å². The molecule has 0 spiro atoms. The Labute approximate surface area is 125 Å². The first-order valence-electron chi connectivity index (χ1n) is 6.86. The van der Waals surface area contributed by atoms with Crippen LogP contribution in [0.3, 0.4) is 0 Å². The molecule has 0 saturated carbocycles. The third kappa shape index (κ3) is 3.35. The molecule has 0 aliphatic rings. The second-order valence-electron chi connectivity index (χ2n) is 5.08. The second kappa shape index (κ2) is 6.73. The lowest BCUT2D eigenvalue weighted by atomic mass is 9.99. The van der Waals surface area contributed by atoms with Crippen molar-refractivity contribution in [1.82, 2.24) is 0 Å². The van der Waals surface area contributed by atoms with E-state index in [0.717, 1.165) is 12.1 Å². The van der Waals surface area contributed by atoms with Gasteiger partial charge >= 0.3 is 0 Å². The monoisotopic (exact) mass is 310 g/mol. The molecule has 0 heterocycles. The molecule has 0 fully saturated rings. The maximum atomic E-state index is 13.6. The van der Waals surface area contributed by atoms with Crippen molar-refractivity contribution in [3.63, 3.8) is 0 Å². The predicted octanol–water partition coefficient (Wildman–Crippen LogP) is 4.60. The van der Waals surface area contributed by atoms with Crippen molar-refractivity contribution >= 4 is 6.29 Å². The highest BCUT2D eigenvalue weighted by molar-refractivity contribution is 5.75. The quantitative estimate of drug-likeness (QED) is 0.583. The van der Waals surface area contributed by atoms with E-state index < -0.39 is 28.8 Å². The van der Waals surface area contributed by atoms with Gasteiger partial charge in [-0.1, -0.05) is 19.4 Å². The first kappa shape index (κ1) is 16.2. The molecule has 0 aromatic heterocycles. The molecular weight excluding hydrogens is 296 g/mol. The van der Waals surface area contributed by atoms with E-state index >= 15 is 0 Å². The molecule has 0 amide bonds. The van der Waals surface area contributed by atoms with Gasteiger partial charge in [0.15, 0.2) is 29.6 Å². The molecule has 0 radical (unpaired) electrons. The topological polar surface area (TPSA) is 17.1 Å². The molecule has 0 aliphatic carbocycles. The zero-order valence-electron chi connectivity index (χ0n) is 11.9. The number of aryl methyl sites for hydroxylation is 1. The Morgan fingerprint density at radius 3 is 2.09 bits per heavy atom. The Kier molecular flexibility index (Phi) is 4.96. The van der Waals surface area contributed by atoms with Gasteiger partial charge in [-0.3, -0.25) is 4.79 Å². The summed E-state index contributed by atoms with van der Waals surface area (Å²) in [6, 6.07) is 4.68. The van der Waals surface area contributed by atoms with Gasteiger partial charge in [0.25, 0.3) is 0 Å². The van der Waals surface area contributed by atoms with Crippen molar-refractivity contribution in [1.29, 1.82) is 0 Å². The Hall–Kier alpha value is -2.17. The van der Waals surface area contributed by atoms with E-state index in [1.807, 2.05) is 6.92 Å². The maximum absolute atomic E-state index is 13.6. The number of hydrogen-bond donors (Lipinski definition) is 0. The van der Waals surface area contributed by atoms with Crippen LogP contribution in [0.2, 0.25) is 0 Å². The van der Waals surface area contributed by atoms with E-state index in [4.69, 9.17) is 0 Å². The molecule has 2 aromatic carbocycles. The second-order valence-corrected chi connectivity index (χ2v) is 5.08. The molecule has 0 unspecified atom stereocenters.